The molecule has 0 radical (unpaired) electrons. The molecule has 1 aliphatic heterocycles. The third-order valence-corrected chi connectivity index (χ3v) is 5.53. The van der Waals surface area contributed by atoms with Crippen LogP contribution in [0.5, 0.6) is 11.5 Å². The maximum Gasteiger partial charge on any atom is 0.255 e. The van der Waals surface area contributed by atoms with Crippen molar-refractivity contribution in [3.8, 4) is 22.9 Å². The number of fused-ring (bicyclic) bond motifs is 1. The zero-order chi connectivity index (χ0) is 20.5. The van der Waals surface area contributed by atoms with Crippen LogP contribution in [-0.4, -0.2) is 33.6 Å². The van der Waals surface area contributed by atoms with Gasteiger partial charge in [0.05, 0.1) is 23.4 Å². The van der Waals surface area contributed by atoms with Crippen molar-refractivity contribution in [2.24, 2.45) is 0 Å². The highest BCUT2D eigenvalue weighted by molar-refractivity contribution is 6.33. The number of hydrogen-bond donors (Lipinski definition) is 3. The summed E-state index contributed by atoms with van der Waals surface area (Å²) in [5, 5.41) is 10.4. The molecule has 0 saturated carbocycles. The fraction of sp³-hybridized carbons (Fsp3) is 0.238. The van der Waals surface area contributed by atoms with Crippen molar-refractivity contribution in [2.75, 3.05) is 19.4 Å². The third kappa shape index (κ3) is 3.79. The van der Waals surface area contributed by atoms with Gasteiger partial charge in [-0.3, -0.25) is 9.69 Å². The number of benzene rings is 2. The average molecular weight is 413 g/mol. The lowest BCUT2D eigenvalue weighted by Gasteiger charge is -2.28. The molecule has 0 bridgehead atoms. The Kier molecular flexibility index (Phi) is 5.17. The minimum Gasteiger partial charge on any atom is -0.503 e. The Bertz CT molecular complexity index is 1110. The maximum atomic E-state index is 12.7. The number of hydrogen-bond acceptors (Lipinski definition) is 6. The van der Waals surface area contributed by atoms with E-state index in [0.29, 0.717) is 42.3 Å². The van der Waals surface area contributed by atoms with Crippen LogP contribution in [-0.2, 0) is 19.5 Å². The molecule has 29 heavy (non-hydrogen) atoms. The first kappa shape index (κ1) is 19.3. The molecule has 0 aliphatic carbocycles. The highest BCUT2D eigenvalue weighted by atomic mass is 35.5. The van der Waals surface area contributed by atoms with Gasteiger partial charge in [-0.25, -0.2) is 4.98 Å². The summed E-state index contributed by atoms with van der Waals surface area (Å²) >= 11 is 6.28. The standard InChI is InChI=1S/C21H21ClN4O3/c1-29-17-7-4-13(18(22)19(17)27)10-26-9-8-16-15(11-26)21(28)25-20(24-16)12-2-5-14(23)6-3-12/h2-7,27H,8-11,23H2,1H3,(H,24,25,28). The zero-order valence-electron chi connectivity index (χ0n) is 15.9. The average Bonchev–Trinajstić information content (AvgIpc) is 2.72. The first-order valence-electron chi connectivity index (χ1n) is 9.21. The molecule has 0 amide bonds. The molecular weight excluding hydrogens is 392 g/mol. The predicted molar refractivity (Wildman–Crippen MR) is 112 cm³/mol. The molecule has 8 heteroatoms. The van der Waals surface area contributed by atoms with E-state index in [0.717, 1.165) is 23.4 Å². The number of halogens is 1. The molecule has 0 atom stereocenters. The number of nitrogens with two attached hydrogens (primary N) is 1. The van der Waals surface area contributed by atoms with E-state index in [1.54, 1.807) is 18.2 Å². The largest absolute Gasteiger partial charge is 0.503 e. The molecule has 2 aromatic carbocycles. The van der Waals surface area contributed by atoms with Crippen molar-refractivity contribution >= 4 is 17.3 Å². The summed E-state index contributed by atoms with van der Waals surface area (Å²) in [5.74, 6) is 0.806. The second kappa shape index (κ2) is 7.77. The van der Waals surface area contributed by atoms with Gasteiger partial charge < -0.3 is 20.6 Å². The van der Waals surface area contributed by atoms with Crippen LogP contribution in [0.4, 0.5) is 5.69 Å². The minimum atomic E-state index is -0.143. The van der Waals surface area contributed by atoms with Gasteiger partial charge in [-0.15, -0.1) is 0 Å². The summed E-state index contributed by atoms with van der Waals surface area (Å²) in [6, 6.07) is 10.8. The van der Waals surface area contributed by atoms with Gasteiger partial charge in [0, 0.05) is 37.3 Å². The lowest BCUT2D eigenvalue weighted by atomic mass is 10.0. The van der Waals surface area contributed by atoms with Gasteiger partial charge >= 0.3 is 0 Å². The molecule has 3 aromatic rings. The number of aromatic amines is 1. The van der Waals surface area contributed by atoms with Crippen molar-refractivity contribution in [3.05, 3.63) is 68.6 Å². The van der Waals surface area contributed by atoms with Crippen LogP contribution in [0.15, 0.2) is 41.2 Å². The van der Waals surface area contributed by atoms with E-state index in [4.69, 9.17) is 22.1 Å². The molecule has 4 rings (SSSR count). The van der Waals surface area contributed by atoms with E-state index < -0.39 is 0 Å². The molecule has 150 valence electrons. The number of phenolic OH excluding ortho intramolecular Hbond substituents is 1. The van der Waals surface area contributed by atoms with Crippen molar-refractivity contribution < 1.29 is 9.84 Å². The lowest BCUT2D eigenvalue weighted by molar-refractivity contribution is 0.241. The fourth-order valence-electron chi connectivity index (χ4n) is 3.51. The van der Waals surface area contributed by atoms with Crippen LogP contribution in [0.2, 0.25) is 5.02 Å². The number of rotatable bonds is 4. The second-order valence-corrected chi connectivity index (χ2v) is 7.39. The Balaban J connectivity index is 1.57. The number of nitrogens with one attached hydrogen (secondary N) is 1. The van der Waals surface area contributed by atoms with Crippen molar-refractivity contribution in [2.45, 2.75) is 19.5 Å². The van der Waals surface area contributed by atoms with Gasteiger partial charge in [-0.1, -0.05) is 17.7 Å². The van der Waals surface area contributed by atoms with Gasteiger partial charge in [0.15, 0.2) is 11.5 Å². The number of aromatic hydroxyl groups is 1. The van der Waals surface area contributed by atoms with Crippen LogP contribution in [0.25, 0.3) is 11.4 Å². The lowest BCUT2D eigenvalue weighted by Crippen LogP contribution is -2.35. The Morgan fingerprint density at radius 2 is 2.03 bits per heavy atom. The van der Waals surface area contributed by atoms with Crippen molar-refractivity contribution in [1.82, 2.24) is 14.9 Å². The molecule has 2 heterocycles. The molecular formula is C21H21ClN4O3. The summed E-state index contributed by atoms with van der Waals surface area (Å²) < 4.78 is 5.08. The van der Waals surface area contributed by atoms with Gasteiger partial charge in [0.25, 0.3) is 5.56 Å². The second-order valence-electron chi connectivity index (χ2n) is 7.01. The van der Waals surface area contributed by atoms with Crippen LogP contribution in [0, 0.1) is 0 Å². The molecule has 1 aromatic heterocycles. The molecule has 0 fully saturated rings. The minimum absolute atomic E-state index is 0.0725. The quantitative estimate of drug-likeness (QED) is 0.569. The summed E-state index contributed by atoms with van der Waals surface area (Å²) in [6.07, 6.45) is 0.654. The van der Waals surface area contributed by atoms with E-state index in [-0.39, 0.29) is 16.3 Å². The van der Waals surface area contributed by atoms with Gasteiger partial charge in [-0.2, -0.15) is 0 Å². The fourth-order valence-corrected chi connectivity index (χ4v) is 3.73. The zero-order valence-corrected chi connectivity index (χ0v) is 16.7. The van der Waals surface area contributed by atoms with Crippen LogP contribution >= 0.6 is 11.6 Å². The summed E-state index contributed by atoms with van der Waals surface area (Å²) in [5.41, 5.74) is 9.31. The molecule has 0 unspecified atom stereocenters. The smallest absolute Gasteiger partial charge is 0.255 e. The number of aromatic nitrogens is 2. The first-order chi connectivity index (χ1) is 14.0. The number of nitrogens with zero attached hydrogens (tertiary/aromatic N) is 2. The van der Waals surface area contributed by atoms with Crippen LogP contribution in [0.1, 0.15) is 16.8 Å². The van der Waals surface area contributed by atoms with Gasteiger partial charge in [-0.05, 0) is 35.9 Å². The van der Waals surface area contributed by atoms with Crippen LogP contribution in [0.3, 0.4) is 0 Å². The molecule has 1 aliphatic rings. The summed E-state index contributed by atoms with van der Waals surface area (Å²) in [4.78, 5) is 22.3. The Morgan fingerprint density at radius 1 is 1.28 bits per heavy atom. The molecule has 0 spiro atoms. The van der Waals surface area contributed by atoms with E-state index >= 15 is 0 Å². The maximum absolute atomic E-state index is 12.7. The Hall–Kier alpha value is -3.03. The molecule has 7 nitrogen and oxygen atoms in total. The van der Waals surface area contributed by atoms with E-state index in [9.17, 15) is 9.90 Å². The molecule has 0 saturated heterocycles. The number of methoxy groups -OCH3 is 1. The topological polar surface area (TPSA) is 104 Å². The van der Waals surface area contributed by atoms with Gasteiger partial charge in [0.1, 0.15) is 5.82 Å². The third-order valence-electron chi connectivity index (χ3n) is 5.10. The first-order valence-corrected chi connectivity index (χ1v) is 9.58. The summed E-state index contributed by atoms with van der Waals surface area (Å²) in [6.45, 7) is 1.70. The van der Waals surface area contributed by atoms with Gasteiger partial charge in [0.2, 0.25) is 0 Å². The highest BCUT2D eigenvalue weighted by Crippen LogP contribution is 2.37. The Morgan fingerprint density at radius 3 is 2.76 bits per heavy atom. The number of nitrogen functional groups attached to an aromatic ring is 1. The SMILES string of the molecule is COc1ccc(CN2CCc3nc(-c4ccc(N)cc4)[nH]c(=O)c3C2)c(Cl)c1O. The summed E-state index contributed by atoms with van der Waals surface area (Å²) in [7, 11) is 1.48. The highest BCUT2D eigenvalue weighted by Gasteiger charge is 2.23. The normalized spacial score (nSPS) is 13.9. The van der Waals surface area contributed by atoms with E-state index in [1.807, 2.05) is 18.2 Å². The number of H-pyrrole nitrogens is 1. The van der Waals surface area contributed by atoms with E-state index in [1.165, 1.54) is 7.11 Å². The van der Waals surface area contributed by atoms with E-state index in [2.05, 4.69) is 14.9 Å². The number of phenols is 1. The monoisotopic (exact) mass is 412 g/mol. The van der Waals surface area contributed by atoms with Crippen LogP contribution < -0.4 is 16.0 Å². The number of anilines is 1. The molecule has 4 N–H and O–H groups in total. The predicted octanol–water partition coefficient (Wildman–Crippen LogP) is 2.95. The van der Waals surface area contributed by atoms with Crippen molar-refractivity contribution in [3.63, 3.8) is 0 Å². The van der Waals surface area contributed by atoms with Crippen molar-refractivity contribution in [1.29, 1.82) is 0 Å². The number of ether oxygens (including phenoxy) is 1. The Labute approximate surface area is 172 Å².